The zero-order valence-electron chi connectivity index (χ0n) is 24.8. The number of esters is 1. The van der Waals surface area contributed by atoms with Crippen LogP contribution in [-0.4, -0.2) is 52.5 Å². The van der Waals surface area contributed by atoms with E-state index in [0.29, 0.717) is 11.8 Å². The van der Waals surface area contributed by atoms with Crippen molar-refractivity contribution in [2.24, 2.45) is 45.3 Å². The van der Waals surface area contributed by atoms with Crippen LogP contribution in [0.2, 0.25) is 0 Å². The minimum atomic E-state index is -0.766. The molecule has 6 heteroatoms. The predicted octanol–water partition coefficient (Wildman–Crippen LogP) is 5.40. The number of rotatable bonds is 3. The van der Waals surface area contributed by atoms with E-state index in [4.69, 9.17) is 14.2 Å². The molecule has 2 heterocycles. The Morgan fingerprint density at radius 1 is 1.00 bits per heavy atom. The van der Waals surface area contributed by atoms with Gasteiger partial charge in [-0.3, -0.25) is 4.79 Å². The van der Waals surface area contributed by atoms with Gasteiger partial charge in [0, 0.05) is 18.3 Å². The summed E-state index contributed by atoms with van der Waals surface area (Å²) >= 11 is 0. The number of hydrogen-bond donors (Lipinski definition) is 2. The number of ether oxygens (including phenoxy) is 3. The van der Waals surface area contributed by atoms with E-state index in [-0.39, 0.29) is 69.5 Å². The van der Waals surface area contributed by atoms with Crippen LogP contribution in [0.15, 0.2) is 11.6 Å². The van der Waals surface area contributed by atoms with Crippen molar-refractivity contribution < 1.29 is 29.2 Å². The standard InChI is InChI=1S/C32H50O6/c1-17(33)36-25-16-23-28(2,3)24(34)12-14-31(23,7)22-11-13-30(6)19(9-10-21(30)32(22,25)8)18-15-20(37-27(18)35)26-29(4,5)38-26/h10,18-20,22-27,34-35H,9,11-16H2,1-8H3/t18?,19-,20+,22?,23?,24+,25-,26-,27-,30-,31+,32-/m0/s1. The molecule has 0 bridgehead atoms. The first-order valence-corrected chi connectivity index (χ1v) is 15.1. The molecule has 6 nitrogen and oxygen atoms in total. The summed E-state index contributed by atoms with van der Waals surface area (Å²) in [5.41, 5.74) is 0.798. The third-order valence-electron chi connectivity index (χ3n) is 13.1. The Balaban J connectivity index is 1.34. The second kappa shape index (κ2) is 8.30. The summed E-state index contributed by atoms with van der Waals surface area (Å²) in [6, 6.07) is 0. The fourth-order valence-electron chi connectivity index (χ4n) is 11.1. The molecule has 3 unspecified atom stereocenters. The molecule has 0 aromatic carbocycles. The number of aliphatic hydroxyl groups excluding tert-OH is 2. The summed E-state index contributed by atoms with van der Waals surface area (Å²) in [6.45, 7) is 17.4. The molecule has 6 aliphatic rings. The molecule has 38 heavy (non-hydrogen) atoms. The number of aliphatic hydroxyl groups is 2. The highest BCUT2D eigenvalue weighted by molar-refractivity contribution is 5.66. The average Bonchev–Trinajstić information content (AvgIpc) is 3.10. The van der Waals surface area contributed by atoms with E-state index in [0.717, 1.165) is 44.9 Å². The van der Waals surface area contributed by atoms with Gasteiger partial charge in [-0.1, -0.05) is 46.3 Å². The molecule has 0 aromatic rings. The molecule has 6 rings (SSSR count). The number of carbonyl (C=O) groups excluding carboxylic acids is 1. The van der Waals surface area contributed by atoms with E-state index in [1.807, 2.05) is 0 Å². The van der Waals surface area contributed by atoms with Crippen LogP contribution in [-0.2, 0) is 19.0 Å². The van der Waals surface area contributed by atoms with Crippen LogP contribution in [0.3, 0.4) is 0 Å². The van der Waals surface area contributed by atoms with Gasteiger partial charge in [0.15, 0.2) is 6.29 Å². The highest BCUT2D eigenvalue weighted by Crippen LogP contribution is 2.74. The smallest absolute Gasteiger partial charge is 0.302 e. The normalized spacial score (nSPS) is 54.4. The second-order valence-electron chi connectivity index (χ2n) is 15.6. The van der Waals surface area contributed by atoms with E-state index in [1.54, 1.807) is 0 Å². The first kappa shape index (κ1) is 27.2. The van der Waals surface area contributed by atoms with Crippen LogP contribution in [0, 0.1) is 45.3 Å². The zero-order chi connectivity index (χ0) is 27.6. The Bertz CT molecular complexity index is 1030. The van der Waals surface area contributed by atoms with Crippen molar-refractivity contribution >= 4 is 5.97 Å². The third kappa shape index (κ3) is 3.55. The monoisotopic (exact) mass is 530 g/mol. The first-order valence-electron chi connectivity index (χ1n) is 15.1. The number of carbonyl (C=O) groups is 1. The quantitative estimate of drug-likeness (QED) is 0.289. The molecular formula is C32H50O6. The predicted molar refractivity (Wildman–Crippen MR) is 144 cm³/mol. The highest BCUT2D eigenvalue weighted by atomic mass is 16.7. The maximum Gasteiger partial charge on any atom is 0.302 e. The third-order valence-corrected chi connectivity index (χ3v) is 13.1. The van der Waals surface area contributed by atoms with Gasteiger partial charge in [-0.2, -0.15) is 0 Å². The maximum atomic E-state index is 12.5. The van der Waals surface area contributed by atoms with Crippen molar-refractivity contribution in [2.75, 3.05) is 0 Å². The molecule has 0 radical (unpaired) electrons. The minimum absolute atomic E-state index is 0.0522. The van der Waals surface area contributed by atoms with Gasteiger partial charge in [0.25, 0.3) is 0 Å². The van der Waals surface area contributed by atoms with Crippen molar-refractivity contribution in [3.8, 4) is 0 Å². The van der Waals surface area contributed by atoms with Gasteiger partial charge in [0.05, 0.1) is 17.8 Å². The van der Waals surface area contributed by atoms with Gasteiger partial charge < -0.3 is 24.4 Å². The lowest BCUT2D eigenvalue weighted by atomic mass is 9.37. The van der Waals surface area contributed by atoms with E-state index < -0.39 is 6.29 Å². The molecule has 12 atom stereocenters. The lowest BCUT2D eigenvalue weighted by Gasteiger charge is -2.68. The Morgan fingerprint density at radius 2 is 1.68 bits per heavy atom. The topological polar surface area (TPSA) is 88.5 Å². The van der Waals surface area contributed by atoms with Crippen molar-refractivity contribution in [1.82, 2.24) is 0 Å². The molecule has 2 saturated heterocycles. The van der Waals surface area contributed by atoms with Crippen LogP contribution in [0.4, 0.5) is 0 Å². The van der Waals surface area contributed by atoms with E-state index in [2.05, 4.69) is 54.5 Å². The first-order chi connectivity index (χ1) is 17.6. The number of fused-ring (bicyclic) bond motifs is 5. The summed E-state index contributed by atoms with van der Waals surface area (Å²) < 4.78 is 18.2. The second-order valence-corrected chi connectivity index (χ2v) is 15.6. The van der Waals surface area contributed by atoms with Gasteiger partial charge in [-0.15, -0.1) is 0 Å². The van der Waals surface area contributed by atoms with E-state index in [1.165, 1.54) is 12.5 Å². The van der Waals surface area contributed by atoms with Gasteiger partial charge in [0.2, 0.25) is 0 Å². The Kier molecular flexibility index (Phi) is 5.95. The summed E-state index contributed by atoms with van der Waals surface area (Å²) in [6.07, 6.45) is 7.69. The van der Waals surface area contributed by atoms with Crippen LogP contribution in [0.1, 0.15) is 100 Å². The molecule has 4 aliphatic carbocycles. The van der Waals surface area contributed by atoms with Crippen LogP contribution < -0.4 is 0 Å². The Morgan fingerprint density at radius 3 is 2.32 bits per heavy atom. The molecule has 214 valence electrons. The Hall–Kier alpha value is -0.950. The van der Waals surface area contributed by atoms with Gasteiger partial charge in [-0.25, -0.2) is 0 Å². The van der Waals surface area contributed by atoms with Gasteiger partial charge in [0.1, 0.15) is 12.2 Å². The van der Waals surface area contributed by atoms with Gasteiger partial charge >= 0.3 is 5.97 Å². The van der Waals surface area contributed by atoms with Crippen molar-refractivity contribution in [2.45, 2.75) is 137 Å². The van der Waals surface area contributed by atoms with Gasteiger partial charge in [-0.05, 0) is 92.8 Å². The maximum absolute atomic E-state index is 12.5. The Labute approximate surface area is 228 Å². The number of hydrogen-bond acceptors (Lipinski definition) is 6. The fraction of sp³-hybridized carbons (Fsp3) is 0.906. The SMILES string of the molecule is CC(=O)O[C@H]1CC2C(C)(C)[C@H](O)CC[C@]2(C)C2CC[C@]3(C)C(=CC[C@H]3C3C[C@H]([C@@H]4OC4(C)C)O[C@@H]3O)[C@@]21C. The van der Waals surface area contributed by atoms with Crippen LogP contribution >= 0.6 is 0 Å². The summed E-state index contributed by atoms with van der Waals surface area (Å²) in [5.74, 6) is 0.814. The largest absolute Gasteiger partial charge is 0.462 e. The summed E-state index contributed by atoms with van der Waals surface area (Å²) in [7, 11) is 0. The number of epoxide rings is 1. The van der Waals surface area contributed by atoms with Crippen LogP contribution in [0.25, 0.3) is 0 Å². The summed E-state index contributed by atoms with van der Waals surface area (Å²) in [5, 5.41) is 22.1. The lowest BCUT2D eigenvalue weighted by molar-refractivity contribution is -0.222. The van der Waals surface area contributed by atoms with Crippen LogP contribution in [0.5, 0.6) is 0 Å². The van der Waals surface area contributed by atoms with Crippen molar-refractivity contribution in [3.05, 3.63) is 11.6 Å². The summed E-state index contributed by atoms with van der Waals surface area (Å²) in [4.78, 5) is 12.5. The molecular weight excluding hydrogens is 480 g/mol. The zero-order valence-corrected chi connectivity index (χ0v) is 24.8. The minimum Gasteiger partial charge on any atom is -0.462 e. The van der Waals surface area contributed by atoms with E-state index >= 15 is 0 Å². The average molecular weight is 531 g/mol. The fourth-order valence-corrected chi connectivity index (χ4v) is 11.1. The molecule has 2 aliphatic heterocycles. The van der Waals surface area contributed by atoms with Crippen molar-refractivity contribution in [1.29, 1.82) is 0 Å². The highest BCUT2D eigenvalue weighted by Gasteiger charge is 2.70. The molecule has 2 N–H and O–H groups in total. The van der Waals surface area contributed by atoms with E-state index in [9.17, 15) is 15.0 Å². The molecule has 0 amide bonds. The molecule has 3 saturated carbocycles. The number of allylic oxidation sites excluding steroid dienone is 1. The lowest BCUT2D eigenvalue weighted by Crippen LogP contribution is -2.66. The van der Waals surface area contributed by atoms with Crippen molar-refractivity contribution in [3.63, 3.8) is 0 Å². The molecule has 5 fully saturated rings. The molecule has 0 aromatic heterocycles. The molecule has 0 spiro atoms.